The van der Waals surface area contributed by atoms with Crippen molar-refractivity contribution in [3.05, 3.63) is 63.4 Å². The largest absolute Gasteiger partial charge is 0.481 e. The van der Waals surface area contributed by atoms with Crippen LogP contribution in [0.25, 0.3) is 0 Å². The van der Waals surface area contributed by atoms with E-state index in [-0.39, 0.29) is 17.7 Å². The highest BCUT2D eigenvalue weighted by molar-refractivity contribution is 6.36. The average Bonchev–Trinajstić information content (AvgIpc) is 2.64. The summed E-state index contributed by atoms with van der Waals surface area (Å²) < 4.78 is 14.7. The number of nitrogens with zero attached hydrogens (tertiary/aromatic N) is 2. The van der Waals surface area contributed by atoms with Gasteiger partial charge in [-0.05, 0) is 61.3 Å². The van der Waals surface area contributed by atoms with Crippen LogP contribution in [0.1, 0.15) is 29.9 Å². The molecule has 0 atom stereocenters. The Balaban J connectivity index is 1.36. The fraction of sp³-hybridized carbons (Fsp3) is 0.409. The van der Waals surface area contributed by atoms with Gasteiger partial charge in [0, 0.05) is 35.6 Å². The van der Waals surface area contributed by atoms with E-state index >= 15 is 0 Å². The molecule has 29 heavy (non-hydrogen) atoms. The van der Waals surface area contributed by atoms with E-state index in [9.17, 15) is 9.18 Å². The van der Waals surface area contributed by atoms with E-state index in [1.54, 1.807) is 6.07 Å². The zero-order valence-electron chi connectivity index (χ0n) is 16.0. The van der Waals surface area contributed by atoms with Crippen molar-refractivity contribution < 1.29 is 14.3 Å². The summed E-state index contributed by atoms with van der Waals surface area (Å²) in [6.07, 6.45) is 1.30. The van der Waals surface area contributed by atoms with Gasteiger partial charge in [0.2, 0.25) is 0 Å². The Morgan fingerprint density at radius 3 is 2.34 bits per heavy atom. The highest BCUT2D eigenvalue weighted by Gasteiger charge is 2.32. The van der Waals surface area contributed by atoms with Crippen molar-refractivity contribution in [1.29, 1.82) is 0 Å². The van der Waals surface area contributed by atoms with Crippen LogP contribution < -0.4 is 4.90 Å². The first-order chi connectivity index (χ1) is 13.9. The van der Waals surface area contributed by atoms with Crippen LogP contribution >= 0.6 is 23.2 Å². The van der Waals surface area contributed by atoms with Crippen LogP contribution in [0.4, 0.5) is 10.1 Å². The lowest BCUT2D eigenvalue weighted by molar-refractivity contribution is -0.143. The van der Waals surface area contributed by atoms with E-state index < -0.39 is 5.97 Å². The first-order valence-corrected chi connectivity index (χ1v) is 10.6. The number of carboxylic acid groups (broad SMARTS) is 1. The fourth-order valence-corrected chi connectivity index (χ4v) is 4.97. The van der Waals surface area contributed by atoms with Crippen molar-refractivity contribution in [1.82, 2.24) is 4.90 Å². The van der Waals surface area contributed by atoms with Crippen molar-refractivity contribution in [2.75, 3.05) is 31.1 Å². The predicted molar refractivity (Wildman–Crippen MR) is 113 cm³/mol. The predicted octanol–water partition coefficient (Wildman–Crippen LogP) is 5.03. The lowest BCUT2D eigenvalue weighted by Crippen LogP contribution is -2.45. The van der Waals surface area contributed by atoms with Crippen molar-refractivity contribution >= 4 is 34.9 Å². The second-order valence-electron chi connectivity index (χ2n) is 7.91. The molecule has 0 bridgehead atoms. The third kappa shape index (κ3) is 4.37. The molecule has 2 fully saturated rings. The number of likely N-dealkylation sites (tertiary alicyclic amines) is 1. The van der Waals surface area contributed by atoms with Gasteiger partial charge >= 0.3 is 5.97 Å². The number of carbonyl (C=O) groups is 1. The van der Waals surface area contributed by atoms with Crippen LogP contribution in [0.15, 0.2) is 36.4 Å². The first kappa shape index (κ1) is 20.5. The van der Waals surface area contributed by atoms with E-state index in [0.717, 1.165) is 24.2 Å². The molecule has 0 aromatic heterocycles. The topological polar surface area (TPSA) is 43.8 Å². The molecule has 4 nitrogen and oxygen atoms in total. The van der Waals surface area contributed by atoms with Crippen LogP contribution in [-0.4, -0.2) is 42.2 Å². The van der Waals surface area contributed by atoms with Crippen LogP contribution in [0.3, 0.4) is 0 Å². The zero-order chi connectivity index (χ0) is 20.5. The molecule has 0 radical (unpaired) electrons. The fourth-order valence-electron chi connectivity index (χ4n) is 4.26. The standard InChI is InChI=1S/C22H23Cl2FN2O2/c23-17-2-1-3-18(24)21(17)16-12-27(13-16)20-5-4-14(10-19(20)25)11-26-8-6-15(7-9-26)22(28)29/h1-5,10,15-16H,6-9,11-13H2,(H,28,29). The van der Waals surface area contributed by atoms with E-state index in [1.807, 2.05) is 35.2 Å². The molecule has 0 aliphatic carbocycles. The Hall–Kier alpha value is -1.82. The van der Waals surface area contributed by atoms with Gasteiger partial charge < -0.3 is 10.0 Å². The number of hydrogen-bond acceptors (Lipinski definition) is 3. The van der Waals surface area contributed by atoms with Gasteiger partial charge in [0.15, 0.2) is 0 Å². The molecular weight excluding hydrogens is 414 g/mol. The molecule has 2 aromatic rings. The van der Waals surface area contributed by atoms with Gasteiger partial charge in [0.25, 0.3) is 0 Å². The van der Waals surface area contributed by atoms with Gasteiger partial charge in [-0.1, -0.05) is 35.3 Å². The number of piperidine rings is 1. The maximum atomic E-state index is 14.7. The maximum absolute atomic E-state index is 14.7. The Bertz CT molecular complexity index is 889. The van der Waals surface area contributed by atoms with Gasteiger partial charge in [-0.3, -0.25) is 9.69 Å². The molecule has 2 aliphatic rings. The smallest absolute Gasteiger partial charge is 0.306 e. The van der Waals surface area contributed by atoms with Gasteiger partial charge in [0.05, 0.1) is 11.6 Å². The number of rotatable bonds is 5. The van der Waals surface area contributed by atoms with Crippen molar-refractivity contribution in [2.45, 2.75) is 25.3 Å². The van der Waals surface area contributed by atoms with E-state index in [1.165, 1.54) is 0 Å². The maximum Gasteiger partial charge on any atom is 0.306 e. The molecule has 7 heteroatoms. The number of aliphatic carboxylic acids is 1. The summed E-state index contributed by atoms with van der Waals surface area (Å²) in [5, 5.41) is 10.4. The zero-order valence-corrected chi connectivity index (χ0v) is 17.5. The van der Waals surface area contributed by atoms with Gasteiger partial charge in [0.1, 0.15) is 5.82 Å². The molecule has 0 saturated carbocycles. The van der Waals surface area contributed by atoms with Crippen molar-refractivity contribution in [3.8, 4) is 0 Å². The minimum absolute atomic E-state index is 0.200. The molecule has 4 rings (SSSR count). The van der Waals surface area contributed by atoms with Gasteiger partial charge in [-0.2, -0.15) is 0 Å². The summed E-state index contributed by atoms with van der Waals surface area (Å²) in [6.45, 7) is 3.46. The average molecular weight is 437 g/mol. The monoisotopic (exact) mass is 436 g/mol. The van der Waals surface area contributed by atoms with Crippen LogP contribution in [0.5, 0.6) is 0 Å². The number of halogens is 3. The van der Waals surface area contributed by atoms with Gasteiger partial charge in [-0.15, -0.1) is 0 Å². The molecular formula is C22H23Cl2FN2O2. The van der Waals surface area contributed by atoms with Gasteiger partial charge in [-0.25, -0.2) is 4.39 Å². The third-order valence-corrected chi connectivity index (χ3v) is 6.64. The molecule has 2 heterocycles. The lowest BCUT2D eigenvalue weighted by Gasteiger charge is -2.42. The summed E-state index contributed by atoms with van der Waals surface area (Å²) >= 11 is 12.6. The third-order valence-electron chi connectivity index (χ3n) is 5.99. The Labute approximate surface area is 179 Å². The molecule has 154 valence electrons. The molecule has 2 aliphatic heterocycles. The number of carboxylic acids is 1. The minimum atomic E-state index is -0.717. The van der Waals surface area contributed by atoms with Crippen LogP contribution in [0.2, 0.25) is 10.0 Å². The molecule has 1 N–H and O–H groups in total. The quantitative estimate of drug-likeness (QED) is 0.713. The lowest BCUT2D eigenvalue weighted by atomic mass is 9.90. The summed E-state index contributed by atoms with van der Waals surface area (Å²) in [6, 6.07) is 10.9. The summed E-state index contributed by atoms with van der Waals surface area (Å²) in [7, 11) is 0. The second-order valence-corrected chi connectivity index (χ2v) is 8.73. The normalized spacial score (nSPS) is 18.7. The highest BCUT2D eigenvalue weighted by Crippen LogP contribution is 2.39. The molecule has 0 unspecified atom stereocenters. The van der Waals surface area contributed by atoms with E-state index in [2.05, 4.69) is 4.90 Å². The molecule has 2 saturated heterocycles. The van der Waals surface area contributed by atoms with Crippen LogP contribution in [0, 0.1) is 11.7 Å². The first-order valence-electron chi connectivity index (χ1n) is 9.85. The Morgan fingerprint density at radius 1 is 1.10 bits per heavy atom. The highest BCUT2D eigenvalue weighted by atomic mass is 35.5. The SMILES string of the molecule is O=C(O)C1CCN(Cc2ccc(N3CC(c4c(Cl)cccc4Cl)C3)c(F)c2)CC1. The summed E-state index contributed by atoms with van der Waals surface area (Å²) in [4.78, 5) is 15.3. The molecule has 0 spiro atoms. The summed E-state index contributed by atoms with van der Waals surface area (Å²) in [5.41, 5.74) is 2.44. The van der Waals surface area contributed by atoms with Crippen molar-refractivity contribution in [2.24, 2.45) is 5.92 Å². The van der Waals surface area contributed by atoms with E-state index in [4.69, 9.17) is 28.3 Å². The van der Waals surface area contributed by atoms with Crippen LogP contribution in [-0.2, 0) is 11.3 Å². The second kappa shape index (κ2) is 8.50. The number of anilines is 1. The Morgan fingerprint density at radius 2 is 1.76 bits per heavy atom. The minimum Gasteiger partial charge on any atom is -0.481 e. The van der Waals surface area contributed by atoms with Crippen molar-refractivity contribution in [3.63, 3.8) is 0 Å². The number of benzene rings is 2. The molecule has 0 amide bonds. The molecule has 2 aromatic carbocycles. The Kier molecular flexibility index (Phi) is 6.00. The van der Waals surface area contributed by atoms with E-state index in [0.29, 0.717) is 48.2 Å². The summed E-state index contributed by atoms with van der Waals surface area (Å²) in [5.74, 6) is -1.00. The number of hydrogen-bond donors (Lipinski definition) is 1.